The number of aromatic amines is 1. The molecule has 6 nitrogen and oxygen atoms in total. The zero-order valence-corrected chi connectivity index (χ0v) is 14.4. The van der Waals surface area contributed by atoms with E-state index in [-0.39, 0.29) is 5.75 Å². The Morgan fingerprint density at radius 3 is 2.56 bits per heavy atom. The third-order valence-electron chi connectivity index (χ3n) is 3.67. The van der Waals surface area contributed by atoms with E-state index in [0.29, 0.717) is 11.3 Å². The van der Waals surface area contributed by atoms with Crippen molar-refractivity contribution in [3.63, 3.8) is 0 Å². The molecular weight excluding hydrogens is 340 g/mol. The Bertz CT molecular complexity index is 980. The lowest BCUT2D eigenvalue weighted by molar-refractivity contribution is -0.135. The summed E-state index contributed by atoms with van der Waals surface area (Å²) in [7, 11) is -3.66. The van der Waals surface area contributed by atoms with Gasteiger partial charge in [-0.15, -0.1) is 0 Å². The Labute approximate surface area is 145 Å². The van der Waals surface area contributed by atoms with Crippen molar-refractivity contribution in [1.29, 1.82) is 0 Å². The molecule has 0 fully saturated rings. The average molecular weight is 358 g/mol. The molecule has 3 aromatic rings. The Balaban J connectivity index is 1.66. The van der Waals surface area contributed by atoms with Crippen LogP contribution in [0.2, 0.25) is 0 Å². The number of hydrogen-bond donors (Lipinski definition) is 2. The minimum Gasteiger partial charge on any atom is -0.423 e. The summed E-state index contributed by atoms with van der Waals surface area (Å²) in [5, 5.41) is 0.759. The smallest absolute Gasteiger partial charge is 0.329 e. The first-order chi connectivity index (χ1) is 11.9. The number of rotatable bonds is 6. The van der Waals surface area contributed by atoms with E-state index in [4.69, 9.17) is 4.74 Å². The summed E-state index contributed by atoms with van der Waals surface area (Å²) in [6.07, 6.45) is 1.58. The van der Waals surface area contributed by atoms with Gasteiger partial charge in [-0.3, -0.25) is 0 Å². The van der Waals surface area contributed by atoms with Crippen LogP contribution in [0.25, 0.3) is 10.9 Å². The van der Waals surface area contributed by atoms with E-state index in [2.05, 4.69) is 9.71 Å². The number of fused-ring (bicyclic) bond motifs is 1. The molecule has 130 valence electrons. The standard InChI is InChI=1S/C18H18N2O4S/c1-13(20-25(22,23)12-14-7-3-2-4-8-14)18(21)24-17-11-19-16-10-6-5-9-15(16)17/h2-11,13,19-20H,12H2,1H3/t13-/m0/s1. The van der Waals surface area contributed by atoms with E-state index >= 15 is 0 Å². The highest BCUT2D eigenvalue weighted by Gasteiger charge is 2.23. The van der Waals surface area contributed by atoms with Gasteiger partial charge in [-0.25, -0.2) is 17.9 Å². The zero-order valence-electron chi connectivity index (χ0n) is 13.6. The van der Waals surface area contributed by atoms with Crippen LogP contribution < -0.4 is 9.46 Å². The van der Waals surface area contributed by atoms with Crippen molar-refractivity contribution in [3.05, 3.63) is 66.4 Å². The van der Waals surface area contributed by atoms with Crippen molar-refractivity contribution in [1.82, 2.24) is 9.71 Å². The van der Waals surface area contributed by atoms with Crippen molar-refractivity contribution in [2.24, 2.45) is 0 Å². The molecule has 2 N–H and O–H groups in total. The molecule has 0 saturated heterocycles. The molecule has 0 unspecified atom stereocenters. The Kier molecular flexibility index (Phi) is 4.87. The number of nitrogens with one attached hydrogen (secondary N) is 2. The van der Waals surface area contributed by atoms with Gasteiger partial charge < -0.3 is 9.72 Å². The van der Waals surface area contributed by atoms with Gasteiger partial charge in [0.25, 0.3) is 0 Å². The van der Waals surface area contributed by atoms with Crippen molar-refractivity contribution in [3.8, 4) is 5.75 Å². The monoisotopic (exact) mass is 358 g/mol. The van der Waals surface area contributed by atoms with Crippen LogP contribution in [0.3, 0.4) is 0 Å². The predicted octanol–water partition coefficient (Wildman–Crippen LogP) is 2.58. The maximum Gasteiger partial charge on any atom is 0.329 e. The molecule has 7 heteroatoms. The highest BCUT2D eigenvalue weighted by Crippen LogP contribution is 2.25. The van der Waals surface area contributed by atoms with Crippen molar-refractivity contribution < 1.29 is 17.9 Å². The van der Waals surface area contributed by atoms with Gasteiger partial charge in [0.2, 0.25) is 10.0 Å². The molecule has 2 aromatic carbocycles. The lowest BCUT2D eigenvalue weighted by atomic mass is 10.2. The topological polar surface area (TPSA) is 88.3 Å². The summed E-state index contributed by atoms with van der Waals surface area (Å²) in [6, 6.07) is 15.1. The number of ether oxygens (including phenoxy) is 1. The van der Waals surface area contributed by atoms with Crippen LogP contribution >= 0.6 is 0 Å². The van der Waals surface area contributed by atoms with Crippen LogP contribution in [0, 0.1) is 0 Å². The quantitative estimate of drug-likeness (QED) is 0.663. The lowest BCUT2D eigenvalue weighted by Gasteiger charge is -2.13. The molecule has 25 heavy (non-hydrogen) atoms. The van der Waals surface area contributed by atoms with Crippen LogP contribution in [-0.4, -0.2) is 25.4 Å². The van der Waals surface area contributed by atoms with Gasteiger partial charge >= 0.3 is 5.97 Å². The molecule has 0 aliphatic carbocycles. The molecule has 1 aromatic heterocycles. The molecule has 0 aliphatic heterocycles. The van der Waals surface area contributed by atoms with Gasteiger partial charge in [0.05, 0.1) is 5.75 Å². The number of carbonyl (C=O) groups excluding carboxylic acids is 1. The second-order valence-corrected chi connectivity index (χ2v) is 7.46. The fourth-order valence-corrected chi connectivity index (χ4v) is 3.83. The number of esters is 1. The second kappa shape index (κ2) is 7.08. The first kappa shape index (κ1) is 17.2. The Morgan fingerprint density at radius 1 is 1.12 bits per heavy atom. The van der Waals surface area contributed by atoms with E-state index in [1.54, 1.807) is 30.5 Å². The highest BCUT2D eigenvalue weighted by atomic mass is 32.2. The summed E-state index contributed by atoms with van der Waals surface area (Å²) in [6.45, 7) is 1.46. The summed E-state index contributed by atoms with van der Waals surface area (Å²) < 4.78 is 32.1. The molecule has 3 rings (SSSR count). The first-order valence-electron chi connectivity index (χ1n) is 7.76. The number of carbonyl (C=O) groups is 1. The molecule has 0 aliphatic rings. The van der Waals surface area contributed by atoms with Gasteiger partial charge in [0.1, 0.15) is 6.04 Å². The van der Waals surface area contributed by atoms with Gasteiger partial charge in [0, 0.05) is 17.1 Å². The van der Waals surface area contributed by atoms with Crippen molar-refractivity contribution in [2.75, 3.05) is 0 Å². The molecule has 1 atom stereocenters. The minimum absolute atomic E-state index is 0.196. The second-order valence-electron chi connectivity index (χ2n) is 5.70. The van der Waals surface area contributed by atoms with E-state index < -0.39 is 22.0 Å². The number of aromatic nitrogens is 1. The molecule has 0 radical (unpaired) electrons. The van der Waals surface area contributed by atoms with E-state index in [9.17, 15) is 13.2 Å². The number of benzene rings is 2. The largest absolute Gasteiger partial charge is 0.423 e. The molecule has 0 bridgehead atoms. The van der Waals surface area contributed by atoms with Crippen LogP contribution in [0.4, 0.5) is 0 Å². The van der Waals surface area contributed by atoms with Crippen LogP contribution in [-0.2, 0) is 20.6 Å². The highest BCUT2D eigenvalue weighted by molar-refractivity contribution is 7.88. The number of hydrogen-bond acceptors (Lipinski definition) is 4. The molecular formula is C18H18N2O4S. The SMILES string of the molecule is C[C@H](NS(=O)(=O)Cc1ccccc1)C(=O)Oc1c[nH]c2ccccc12. The van der Waals surface area contributed by atoms with E-state index in [1.807, 2.05) is 30.3 Å². The maximum atomic E-state index is 12.2. The van der Waals surface area contributed by atoms with E-state index in [1.165, 1.54) is 6.92 Å². The van der Waals surface area contributed by atoms with E-state index in [0.717, 1.165) is 10.9 Å². The first-order valence-corrected chi connectivity index (χ1v) is 9.41. The third kappa shape index (κ3) is 4.26. The van der Waals surface area contributed by atoms with Crippen molar-refractivity contribution in [2.45, 2.75) is 18.7 Å². The summed E-state index contributed by atoms with van der Waals surface area (Å²) in [4.78, 5) is 15.2. The summed E-state index contributed by atoms with van der Waals surface area (Å²) in [5.41, 5.74) is 1.48. The van der Waals surface area contributed by atoms with Gasteiger partial charge in [-0.2, -0.15) is 0 Å². The summed E-state index contributed by atoms with van der Waals surface area (Å²) in [5.74, 6) is -0.491. The Hall–Kier alpha value is -2.64. The van der Waals surface area contributed by atoms with Crippen molar-refractivity contribution >= 4 is 26.9 Å². The maximum absolute atomic E-state index is 12.2. The molecule has 1 heterocycles. The number of sulfonamides is 1. The van der Waals surface area contributed by atoms with Crippen LogP contribution in [0.5, 0.6) is 5.75 Å². The molecule has 0 saturated carbocycles. The molecule has 0 amide bonds. The number of para-hydroxylation sites is 1. The minimum atomic E-state index is -3.66. The fourth-order valence-electron chi connectivity index (χ4n) is 2.48. The zero-order chi connectivity index (χ0) is 17.9. The summed E-state index contributed by atoms with van der Waals surface area (Å²) >= 11 is 0. The Morgan fingerprint density at radius 2 is 1.80 bits per heavy atom. The predicted molar refractivity (Wildman–Crippen MR) is 95.6 cm³/mol. The fraction of sp³-hybridized carbons (Fsp3) is 0.167. The van der Waals surface area contributed by atoms with Crippen LogP contribution in [0.1, 0.15) is 12.5 Å². The van der Waals surface area contributed by atoms with Gasteiger partial charge in [0.15, 0.2) is 5.75 Å². The van der Waals surface area contributed by atoms with Gasteiger partial charge in [-0.05, 0) is 24.6 Å². The third-order valence-corrected chi connectivity index (χ3v) is 5.10. The normalized spacial score (nSPS) is 12.8. The number of H-pyrrole nitrogens is 1. The average Bonchev–Trinajstić information content (AvgIpc) is 2.98. The lowest BCUT2D eigenvalue weighted by Crippen LogP contribution is -2.41. The van der Waals surface area contributed by atoms with Crippen LogP contribution in [0.15, 0.2) is 60.8 Å². The molecule has 0 spiro atoms. The van der Waals surface area contributed by atoms with Gasteiger partial charge in [-0.1, -0.05) is 42.5 Å².